The summed E-state index contributed by atoms with van der Waals surface area (Å²) < 4.78 is 8.25. The SMILES string of the molecule is CCC(=O)[N]([Pb])C1(C(=O)OCCCC(=O)O)CCN(C[CH2][Pb])CC1. The van der Waals surface area contributed by atoms with Gasteiger partial charge in [0, 0.05) is 0 Å². The van der Waals surface area contributed by atoms with Crippen molar-refractivity contribution in [2.24, 2.45) is 0 Å². The average Bonchev–Trinajstić information content (AvgIpc) is 2.58. The van der Waals surface area contributed by atoms with Crippen molar-refractivity contribution in [1.82, 2.24) is 7.61 Å². The fourth-order valence-corrected chi connectivity index (χ4v) is 5.81. The summed E-state index contributed by atoms with van der Waals surface area (Å²) in [6, 6.07) is 0. The Morgan fingerprint density at radius 1 is 1.29 bits per heavy atom. The van der Waals surface area contributed by atoms with Crippen LogP contribution in [0, 0.1) is 0 Å². The predicted molar refractivity (Wildman–Crippen MR) is 89.7 cm³/mol. The Balaban J connectivity index is 2.76. The van der Waals surface area contributed by atoms with Crippen molar-refractivity contribution in [2.75, 3.05) is 26.2 Å². The number of amides is 1. The van der Waals surface area contributed by atoms with Crippen LogP contribution in [-0.2, 0) is 19.1 Å². The van der Waals surface area contributed by atoms with Crippen LogP contribution >= 0.6 is 0 Å². The molecule has 0 unspecified atom stereocenters. The summed E-state index contributed by atoms with van der Waals surface area (Å²) >= 11 is 1.64. The van der Waals surface area contributed by atoms with E-state index in [4.69, 9.17) is 9.84 Å². The number of carboxylic acids is 1. The predicted octanol–water partition coefficient (Wildman–Crippen LogP) is 0.138. The van der Waals surface area contributed by atoms with Crippen LogP contribution in [0.1, 0.15) is 39.0 Å². The molecule has 1 amide bonds. The van der Waals surface area contributed by atoms with Crippen LogP contribution < -0.4 is 0 Å². The van der Waals surface area contributed by atoms with E-state index in [9.17, 15) is 14.4 Å². The number of esters is 1. The molecule has 0 bridgehead atoms. The molecule has 0 aromatic carbocycles. The van der Waals surface area contributed by atoms with Gasteiger partial charge in [0.15, 0.2) is 0 Å². The van der Waals surface area contributed by atoms with Gasteiger partial charge in [0.2, 0.25) is 0 Å². The van der Waals surface area contributed by atoms with Gasteiger partial charge in [-0.15, -0.1) is 0 Å². The van der Waals surface area contributed by atoms with Gasteiger partial charge in [0.25, 0.3) is 0 Å². The number of hydrogen-bond acceptors (Lipinski definition) is 5. The zero-order valence-corrected chi connectivity index (χ0v) is 21.8. The van der Waals surface area contributed by atoms with Crippen molar-refractivity contribution >= 4 is 69.7 Å². The van der Waals surface area contributed by atoms with Crippen LogP contribution in [0.4, 0.5) is 0 Å². The topological polar surface area (TPSA) is 87.1 Å². The first kappa shape index (κ1) is 22.3. The van der Waals surface area contributed by atoms with Crippen molar-refractivity contribution < 1.29 is 24.2 Å². The number of hydrogen-bond donors (Lipinski definition) is 1. The number of nitrogens with zero attached hydrogens (tertiary/aromatic N) is 2. The first-order chi connectivity index (χ1) is 11.4. The van der Waals surface area contributed by atoms with Gasteiger partial charge in [-0.05, 0) is 0 Å². The molecule has 0 spiro atoms. The Hall–Kier alpha value is 0.214. The van der Waals surface area contributed by atoms with Gasteiger partial charge in [-0.3, -0.25) is 0 Å². The van der Waals surface area contributed by atoms with Gasteiger partial charge in [0.05, 0.1) is 0 Å². The molecule has 1 aliphatic rings. The van der Waals surface area contributed by atoms with Crippen LogP contribution in [0.25, 0.3) is 0 Å². The second-order valence-electron chi connectivity index (χ2n) is 5.84. The van der Waals surface area contributed by atoms with Crippen LogP contribution in [0.15, 0.2) is 0 Å². The zero-order chi connectivity index (χ0) is 18.2. The number of likely N-dealkylation sites (tertiary alicyclic amines) is 1. The molecule has 0 atom stereocenters. The molecule has 1 N–H and O–H groups in total. The molecule has 9 heteroatoms. The summed E-state index contributed by atoms with van der Waals surface area (Å²) in [4.78, 5) is 37.8. The number of carboxylic acid groups (broad SMARTS) is 1. The number of piperidine rings is 1. The Morgan fingerprint density at radius 3 is 2.42 bits per heavy atom. The van der Waals surface area contributed by atoms with Crippen LogP contribution in [0.2, 0.25) is 3.98 Å². The van der Waals surface area contributed by atoms with Crippen molar-refractivity contribution in [3.63, 3.8) is 0 Å². The van der Waals surface area contributed by atoms with E-state index in [-0.39, 0.29) is 24.9 Å². The molecule has 1 rings (SSSR count). The second-order valence-corrected chi connectivity index (χ2v) is 9.52. The molecular formula is C15H24N2O5Pb2. The number of carbonyl (C=O) groups excluding carboxylic acids is 2. The molecule has 132 valence electrons. The zero-order valence-electron chi connectivity index (χ0n) is 14.0. The molecule has 1 aliphatic heterocycles. The van der Waals surface area contributed by atoms with Gasteiger partial charge >= 0.3 is 176 Å². The standard InChI is InChI=1S/C15H25N2O5.2Pb/c1-3-12(18)16-15(7-9-17(4-2)10-8-15)14(21)22-11-5-6-13(19)20;;/h2-11H2,1H3,(H2,16,18,19,20);;/q;;+1/p-1. The molecule has 6 radical (unpaired) electrons. The van der Waals surface area contributed by atoms with Crippen molar-refractivity contribution in [1.29, 1.82) is 0 Å². The maximum atomic E-state index is 12.7. The van der Waals surface area contributed by atoms with E-state index in [1.54, 1.807) is 9.63 Å². The Morgan fingerprint density at radius 2 is 1.92 bits per heavy atom. The average molecular weight is 727 g/mol. The van der Waals surface area contributed by atoms with Gasteiger partial charge in [-0.2, -0.15) is 0 Å². The number of aliphatic carboxylic acids is 1. The van der Waals surface area contributed by atoms with Gasteiger partial charge in [0.1, 0.15) is 0 Å². The number of ether oxygens (including phenoxy) is 1. The quantitative estimate of drug-likeness (QED) is 0.207. The Bertz CT molecular complexity index is 453. The minimum atomic E-state index is -0.900. The Kier molecular flexibility index (Phi) is 10.2. The Labute approximate surface area is 175 Å². The van der Waals surface area contributed by atoms with E-state index in [0.29, 0.717) is 51.7 Å². The first-order valence-corrected chi connectivity index (χ1v) is 12.7. The molecule has 0 aliphatic carbocycles. The van der Waals surface area contributed by atoms with Gasteiger partial charge in [-0.1, -0.05) is 0 Å². The van der Waals surface area contributed by atoms with E-state index in [1.165, 1.54) is 3.98 Å². The summed E-state index contributed by atoms with van der Waals surface area (Å²) in [5, 5.41) is 8.66. The van der Waals surface area contributed by atoms with Gasteiger partial charge in [-0.25, -0.2) is 0 Å². The molecule has 1 heterocycles. The summed E-state index contributed by atoms with van der Waals surface area (Å²) in [6.07, 6.45) is 1.85. The first-order valence-electron chi connectivity index (χ1n) is 8.17. The molecule has 7 nitrogen and oxygen atoms in total. The van der Waals surface area contributed by atoms with Gasteiger partial charge < -0.3 is 0 Å². The molecular weight excluding hydrogens is 703 g/mol. The fourth-order valence-electron chi connectivity index (χ4n) is 2.74. The maximum absolute atomic E-state index is 12.7. The number of carbonyl (C=O) groups is 3. The number of rotatable bonds is 9. The third-order valence-electron chi connectivity index (χ3n) is 4.24. The molecule has 1 saturated heterocycles. The summed E-state index contributed by atoms with van der Waals surface area (Å²) in [5.74, 6) is -1.28. The molecule has 1 fully saturated rings. The van der Waals surface area contributed by atoms with E-state index < -0.39 is 11.5 Å². The van der Waals surface area contributed by atoms with E-state index in [1.807, 2.05) is 0 Å². The minimum absolute atomic E-state index is 0.0134. The second kappa shape index (κ2) is 11.0. The van der Waals surface area contributed by atoms with Crippen LogP contribution in [0.3, 0.4) is 0 Å². The molecule has 0 aromatic rings. The van der Waals surface area contributed by atoms with E-state index in [0.717, 1.165) is 45.4 Å². The van der Waals surface area contributed by atoms with Crippen molar-refractivity contribution in [2.45, 2.75) is 48.5 Å². The summed E-state index contributed by atoms with van der Waals surface area (Å²) in [7, 11) is 0. The fraction of sp³-hybridized carbons (Fsp3) is 0.800. The normalized spacial score (nSPS) is 17.3. The van der Waals surface area contributed by atoms with E-state index in [2.05, 4.69) is 4.90 Å². The summed E-state index contributed by atoms with van der Waals surface area (Å²) in [5.41, 5.74) is -0.857. The molecule has 24 heavy (non-hydrogen) atoms. The van der Waals surface area contributed by atoms with Crippen LogP contribution in [0.5, 0.6) is 0 Å². The summed E-state index contributed by atoms with van der Waals surface area (Å²) in [6.45, 7) is 4.53. The molecule has 0 aromatic heterocycles. The monoisotopic (exact) mass is 728 g/mol. The third-order valence-corrected chi connectivity index (χ3v) is 7.74. The third kappa shape index (κ3) is 6.18. The van der Waals surface area contributed by atoms with E-state index >= 15 is 0 Å². The molecule has 0 saturated carbocycles. The van der Waals surface area contributed by atoms with Crippen LogP contribution in [-0.4, -0.2) is 114 Å². The van der Waals surface area contributed by atoms with Crippen molar-refractivity contribution in [3.05, 3.63) is 0 Å². The van der Waals surface area contributed by atoms with Crippen molar-refractivity contribution in [3.8, 4) is 0 Å².